The highest BCUT2D eigenvalue weighted by Gasteiger charge is 2.42. The summed E-state index contributed by atoms with van der Waals surface area (Å²) in [4.78, 5) is 0. The normalized spacial score (nSPS) is 11.2. The molecule has 1 nitrogen and oxygen atoms in total. The molecule has 0 saturated carbocycles. The number of alkyl halides is 2. The Morgan fingerprint density at radius 1 is 0.721 bits per heavy atom. The molecule has 0 unspecified atom stereocenters. The zero-order valence-corrected chi connectivity index (χ0v) is 22.0. The first-order valence-corrected chi connectivity index (χ1v) is 12.3. The molecular formula is C32H18F10O. The molecular weight excluding hydrogens is 590 g/mol. The van der Waals surface area contributed by atoms with Gasteiger partial charge in [-0.15, -0.1) is 6.58 Å². The number of aryl methyl sites for hydroxylation is 2. The number of hydrogen-bond donors (Lipinski definition) is 0. The molecule has 4 aromatic carbocycles. The zero-order valence-electron chi connectivity index (χ0n) is 22.0. The van der Waals surface area contributed by atoms with E-state index in [9.17, 15) is 35.1 Å². The van der Waals surface area contributed by atoms with Gasteiger partial charge in [0.15, 0.2) is 17.5 Å². The van der Waals surface area contributed by atoms with Gasteiger partial charge in [-0.25, -0.2) is 35.1 Å². The number of halogens is 10. The molecule has 11 heteroatoms. The predicted octanol–water partition coefficient (Wildman–Crippen LogP) is 9.42. The van der Waals surface area contributed by atoms with Crippen LogP contribution in [-0.4, -0.2) is 0 Å². The molecule has 43 heavy (non-hydrogen) atoms. The van der Waals surface area contributed by atoms with Crippen LogP contribution >= 0.6 is 0 Å². The first-order valence-electron chi connectivity index (χ1n) is 12.3. The van der Waals surface area contributed by atoms with Crippen molar-refractivity contribution in [2.45, 2.75) is 25.9 Å². The summed E-state index contributed by atoms with van der Waals surface area (Å²) in [5.41, 5.74) is -4.14. The first-order chi connectivity index (χ1) is 20.2. The quantitative estimate of drug-likeness (QED) is 0.0880. The molecule has 0 amide bonds. The summed E-state index contributed by atoms with van der Waals surface area (Å²) >= 11 is 0. The van der Waals surface area contributed by atoms with Gasteiger partial charge in [0.25, 0.3) is 0 Å². The molecule has 0 heterocycles. The van der Waals surface area contributed by atoms with Crippen molar-refractivity contribution < 1.29 is 48.6 Å². The highest BCUT2D eigenvalue weighted by Crippen LogP contribution is 2.39. The van der Waals surface area contributed by atoms with E-state index >= 15 is 8.78 Å². The van der Waals surface area contributed by atoms with Crippen LogP contribution in [0.2, 0.25) is 0 Å². The van der Waals surface area contributed by atoms with E-state index in [4.69, 9.17) is 0 Å². The number of hydrogen-bond acceptors (Lipinski definition) is 1. The highest BCUT2D eigenvalue weighted by molar-refractivity contribution is 5.66. The van der Waals surface area contributed by atoms with Crippen LogP contribution in [0.5, 0.6) is 5.75 Å². The Morgan fingerprint density at radius 3 is 1.86 bits per heavy atom. The third-order valence-corrected chi connectivity index (χ3v) is 6.19. The average Bonchev–Trinajstić information content (AvgIpc) is 2.90. The van der Waals surface area contributed by atoms with Gasteiger partial charge in [0.05, 0.1) is 11.1 Å². The highest BCUT2D eigenvalue weighted by atomic mass is 19.3. The molecule has 0 aliphatic rings. The Hall–Kier alpha value is -4.72. The lowest BCUT2D eigenvalue weighted by Crippen LogP contribution is -2.25. The maximum Gasteiger partial charge on any atom is 0.432 e. The van der Waals surface area contributed by atoms with Crippen LogP contribution in [-0.2, 0) is 12.5 Å². The molecule has 0 N–H and O–H groups in total. The lowest BCUT2D eigenvalue weighted by molar-refractivity contribution is -0.189. The number of ether oxygens (including phenoxy) is 1. The van der Waals surface area contributed by atoms with Crippen LogP contribution in [0.1, 0.15) is 34.2 Å². The number of rotatable bonds is 7. The topological polar surface area (TPSA) is 9.23 Å². The summed E-state index contributed by atoms with van der Waals surface area (Å²) in [6, 6.07) is 5.01. The van der Waals surface area contributed by atoms with Crippen molar-refractivity contribution in [3.8, 4) is 28.7 Å². The van der Waals surface area contributed by atoms with Crippen LogP contribution in [0, 0.1) is 65.3 Å². The summed E-state index contributed by atoms with van der Waals surface area (Å²) < 4.78 is 148. The summed E-state index contributed by atoms with van der Waals surface area (Å²) in [6.45, 7) is 4.67. The van der Waals surface area contributed by atoms with E-state index < -0.39 is 80.6 Å². The summed E-state index contributed by atoms with van der Waals surface area (Å²) in [6.07, 6.45) is -2.56. The van der Waals surface area contributed by atoms with E-state index in [0.29, 0.717) is 36.8 Å². The molecule has 0 aliphatic carbocycles. The standard InChI is InChI=1S/C32H18F10O/c1-3-4-5-17-9-22(34)29(23(35)10-17)20-13-24(36)30(25(37)14-20)32(41,42)43-28-15-21(33)19(8-16(28)2)7-6-18-11-26(38)31(40)27(39)12-18/h3,8-15H,1,4-5H2,2H3. The molecule has 0 spiro atoms. The third-order valence-electron chi connectivity index (χ3n) is 6.19. The van der Waals surface area contributed by atoms with Crippen molar-refractivity contribution in [3.05, 3.63) is 136 Å². The van der Waals surface area contributed by atoms with Crippen molar-refractivity contribution in [1.82, 2.24) is 0 Å². The van der Waals surface area contributed by atoms with Gasteiger partial charge in [-0.1, -0.05) is 17.9 Å². The minimum absolute atomic E-state index is 0.181. The largest absolute Gasteiger partial charge is 0.432 e. The van der Waals surface area contributed by atoms with E-state index in [1.165, 1.54) is 13.0 Å². The summed E-state index contributed by atoms with van der Waals surface area (Å²) in [5.74, 6) is -8.60. The molecule has 4 aromatic rings. The van der Waals surface area contributed by atoms with Crippen LogP contribution in [0.15, 0.2) is 61.2 Å². The van der Waals surface area contributed by atoms with Crippen molar-refractivity contribution in [1.29, 1.82) is 0 Å². The van der Waals surface area contributed by atoms with Gasteiger partial charge < -0.3 is 4.74 Å². The monoisotopic (exact) mass is 608 g/mol. The minimum atomic E-state index is -4.73. The van der Waals surface area contributed by atoms with E-state index in [1.54, 1.807) is 0 Å². The van der Waals surface area contributed by atoms with Gasteiger partial charge in [-0.05, 0) is 78.9 Å². The third kappa shape index (κ3) is 6.69. The second-order valence-corrected chi connectivity index (χ2v) is 9.30. The lowest BCUT2D eigenvalue weighted by atomic mass is 9.98. The Balaban J connectivity index is 1.63. The first kappa shape index (κ1) is 31.2. The van der Waals surface area contributed by atoms with Gasteiger partial charge in [0, 0.05) is 11.6 Å². The van der Waals surface area contributed by atoms with Crippen molar-refractivity contribution >= 4 is 0 Å². The van der Waals surface area contributed by atoms with Crippen LogP contribution in [0.25, 0.3) is 11.1 Å². The van der Waals surface area contributed by atoms with E-state index in [1.807, 2.05) is 0 Å². The van der Waals surface area contributed by atoms with Gasteiger partial charge in [-0.3, -0.25) is 0 Å². The maximum atomic E-state index is 15.0. The summed E-state index contributed by atoms with van der Waals surface area (Å²) in [5, 5.41) is 0. The van der Waals surface area contributed by atoms with Crippen molar-refractivity contribution in [3.63, 3.8) is 0 Å². The Bertz CT molecular complexity index is 1730. The fourth-order valence-corrected chi connectivity index (χ4v) is 4.14. The van der Waals surface area contributed by atoms with Gasteiger partial charge >= 0.3 is 6.11 Å². The van der Waals surface area contributed by atoms with Crippen LogP contribution in [0.4, 0.5) is 43.9 Å². The Kier molecular flexibility index (Phi) is 8.90. The molecule has 0 aliphatic heterocycles. The van der Waals surface area contributed by atoms with Crippen LogP contribution < -0.4 is 4.74 Å². The second kappa shape index (κ2) is 12.3. The van der Waals surface area contributed by atoms with E-state index in [0.717, 1.165) is 18.2 Å². The minimum Gasteiger partial charge on any atom is -0.428 e. The molecule has 0 atom stereocenters. The number of allylic oxidation sites excluding steroid dienone is 1. The average molecular weight is 608 g/mol. The Morgan fingerprint density at radius 2 is 1.30 bits per heavy atom. The van der Waals surface area contributed by atoms with Gasteiger partial charge in [0.2, 0.25) is 0 Å². The molecule has 0 aromatic heterocycles. The zero-order chi connectivity index (χ0) is 31.6. The fraction of sp³-hybridized carbons (Fsp3) is 0.125. The smallest absolute Gasteiger partial charge is 0.428 e. The molecule has 0 fully saturated rings. The molecule has 0 saturated heterocycles. The second-order valence-electron chi connectivity index (χ2n) is 9.30. The van der Waals surface area contributed by atoms with Crippen molar-refractivity contribution in [2.24, 2.45) is 0 Å². The van der Waals surface area contributed by atoms with Crippen molar-refractivity contribution in [2.75, 3.05) is 0 Å². The number of benzene rings is 4. The van der Waals surface area contributed by atoms with E-state index in [2.05, 4.69) is 23.2 Å². The van der Waals surface area contributed by atoms with Gasteiger partial charge in [-0.2, -0.15) is 8.78 Å². The maximum absolute atomic E-state index is 15.0. The van der Waals surface area contributed by atoms with Crippen LogP contribution in [0.3, 0.4) is 0 Å². The Labute approximate surface area is 239 Å². The molecule has 222 valence electrons. The van der Waals surface area contributed by atoms with E-state index in [-0.39, 0.29) is 23.1 Å². The molecule has 0 bridgehead atoms. The van der Waals surface area contributed by atoms with Gasteiger partial charge in [0.1, 0.15) is 40.4 Å². The predicted molar refractivity (Wildman–Crippen MR) is 138 cm³/mol. The SMILES string of the molecule is C=CCCc1cc(F)c(-c2cc(F)c(C(F)(F)Oc3cc(F)c(C#Cc4cc(F)c(F)c(F)c4)cc3C)c(F)c2)c(F)c1. The lowest BCUT2D eigenvalue weighted by Gasteiger charge is -2.21. The summed E-state index contributed by atoms with van der Waals surface area (Å²) in [7, 11) is 0. The fourth-order valence-electron chi connectivity index (χ4n) is 4.14. The molecule has 0 radical (unpaired) electrons. The molecule has 4 rings (SSSR count).